The van der Waals surface area contributed by atoms with Gasteiger partial charge in [0.05, 0.1) is 9.85 Å². The number of carbonyl (C=O) groups excluding carboxylic acids is 2. The Hall–Kier alpha value is -4.60. The molecule has 0 heterocycles. The van der Waals surface area contributed by atoms with Crippen molar-refractivity contribution >= 4 is 34.6 Å². The number of nitrogens with one attached hydrogen (secondary N) is 2. The van der Waals surface area contributed by atoms with E-state index in [0.29, 0.717) is 5.69 Å². The second-order valence-electron chi connectivity index (χ2n) is 6.10. The molecule has 0 atom stereocenters. The third kappa shape index (κ3) is 4.81. The zero-order valence-electron chi connectivity index (χ0n) is 15.3. The van der Waals surface area contributed by atoms with Crippen LogP contribution in [0.3, 0.4) is 0 Å². The van der Waals surface area contributed by atoms with E-state index < -0.39 is 21.7 Å². The van der Waals surface area contributed by atoms with E-state index in [4.69, 9.17) is 0 Å². The molecule has 150 valence electrons. The molecule has 2 N–H and O–H groups in total. The summed E-state index contributed by atoms with van der Waals surface area (Å²) < 4.78 is 0. The molecule has 0 saturated heterocycles. The maximum absolute atomic E-state index is 12.3. The van der Waals surface area contributed by atoms with Crippen LogP contribution in [0.4, 0.5) is 22.7 Å². The molecule has 10 heteroatoms. The van der Waals surface area contributed by atoms with Crippen molar-refractivity contribution in [3.8, 4) is 0 Å². The highest BCUT2D eigenvalue weighted by Crippen LogP contribution is 2.19. The molecule has 0 radical (unpaired) electrons. The Morgan fingerprint density at radius 3 is 1.80 bits per heavy atom. The number of non-ortho nitro benzene ring substituents is 2. The average Bonchev–Trinajstić information content (AvgIpc) is 2.74. The Morgan fingerprint density at radius 2 is 1.17 bits per heavy atom. The molecule has 0 fully saturated rings. The molecule has 0 bridgehead atoms. The summed E-state index contributed by atoms with van der Waals surface area (Å²) in [5.41, 5.74) is 0.713. The lowest BCUT2D eigenvalue weighted by Gasteiger charge is -2.08. The lowest BCUT2D eigenvalue weighted by atomic mass is 10.1. The SMILES string of the molecule is O=C(Nc1cccc([N+](=O)[O-])c1)c1ccc(NC(=O)c2cccc([N+](=O)[O-])c2)cc1. The number of nitrogens with zero attached hydrogens (tertiary/aromatic N) is 2. The van der Waals surface area contributed by atoms with Gasteiger partial charge in [-0.05, 0) is 36.4 Å². The van der Waals surface area contributed by atoms with Crippen LogP contribution in [0.25, 0.3) is 0 Å². The third-order valence-electron chi connectivity index (χ3n) is 4.04. The summed E-state index contributed by atoms with van der Waals surface area (Å²) in [4.78, 5) is 45.1. The van der Waals surface area contributed by atoms with E-state index in [1.807, 2.05) is 0 Å². The number of anilines is 2. The predicted molar refractivity (Wildman–Crippen MR) is 109 cm³/mol. The van der Waals surface area contributed by atoms with Crippen LogP contribution in [-0.4, -0.2) is 21.7 Å². The number of hydrogen-bond acceptors (Lipinski definition) is 6. The third-order valence-corrected chi connectivity index (χ3v) is 4.04. The molecular weight excluding hydrogens is 392 g/mol. The van der Waals surface area contributed by atoms with E-state index in [1.54, 1.807) is 0 Å². The van der Waals surface area contributed by atoms with Crippen LogP contribution in [0.2, 0.25) is 0 Å². The Labute approximate surface area is 169 Å². The topological polar surface area (TPSA) is 144 Å². The predicted octanol–water partition coefficient (Wildman–Crippen LogP) is 4.01. The van der Waals surface area contributed by atoms with E-state index in [0.717, 1.165) is 6.07 Å². The molecule has 3 aromatic carbocycles. The summed E-state index contributed by atoms with van der Waals surface area (Å²) >= 11 is 0. The summed E-state index contributed by atoms with van der Waals surface area (Å²) in [6.07, 6.45) is 0. The number of rotatable bonds is 6. The molecule has 0 unspecified atom stereocenters. The van der Waals surface area contributed by atoms with Crippen LogP contribution in [-0.2, 0) is 0 Å². The van der Waals surface area contributed by atoms with Gasteiger partial charge in [0, 0.05) is 46.8 Å². The highest BCUT2D eigenvalue weighted by molar-refractivity contribution is 6.06. The summed E-state index contributed by atoms with van der Waals surface area (Å²) in [6.45, 7) is 0. The lowest BCUT2D eigenvalue weighted by molar-refractivity contribution is -0.385. The van der Waals surface area contributed by atoms with Gasteiger partial charge in [-0.3, -0.25) is 29.8 Å². The second-order valence-corrected chi connectivity index (χ2v) is 6.10. The quantitative estimate of drug-likeness (QED) is 0.467. The number of nitro benzene ring substituents is 2. The summed E-state index contributed by atoms with van der Waals surface area (Å²) in [5.74, 6) is -1.01. The smallest absolute Gasteiger partial charge is 0.271 e. The van der Waals surface area contributed by atoms with Crippen molar-refractivity contribution in [3.63, 3.8) is 0 Å². The van der Waals surface area contributed by atoms with E-state index in [2.05, 4.69) is 10.6 Å². The van der Waals surface area contributed by atoms with Gasteiger partial charge in [-0.2, -0.15) is 0 Å². The second kappa shape index (κ2) is 8.61. The van der Waals surface area contributed by atoms with Gasteiger partial charge in [0.25, 0.3) is 23.2 Å². The number of benzene rings is 3. The van der Waals surface area contributed by atoms with E-state index in [1.165, 1.54) is 66.7 Å². The highest BCUT2D eigenvalue weighted by Gasteiger charge is 2.13. The molecule has 3 aromatic rings. The normalized spacial score (nSPS) is 10.1. The maximum Gasteiger partial charge on any atom is 0.271 e. The first-order valence-electron chi connectivity index (χ1n) is 8.55. The van der Waals surface area contributed by atoms with Crippen LogP contribution in [0.1, 0.15) is 20.7 Å². The fraction of sp³-hybridized carbons (Fsp3) is 0. The molecule has 0 spiro atoms. The minimum Gasteiger partial charge on any atom is -0.322 e. The zero-order valence-corrected chi connectivity index (χ0v) is 15.3. The Balaban J connectivity index is 1.67. The van der Waals surface area contributed by atoms with Gasteiger partial charge >= 0.3 is 0 Å². The summed E-state index contributed by atoms with van der Waals surface area (Å²) in [5, 5.41) is 26.8. The van der Waals surface area contributed by atoms with Gasteiger partial charge in [-0.15, -0.1) is 0 Å². The zero-order chi connectivity index (χ0) is 21.7. The van der Waals surface area contributed by atoms with Gasteiger partial charge in [-0.1, -0.05) is 12.1 Å². The molecular formula is C20H14N4O6. The van der Waals surface area contributed by atoms with E-state index in [-0.39, 0.29) is 28.2 Å². The molecule has 30 heavy (non-hydrogen) atoms. The molecule has 0 aliphatic carbocycles. The van der Waals surface area contributed by atoms with Crippen molar-refractivity contribution < 1.29 is 19.4 Å². The molecule has 2 amide bonds. The van der Waals surface area contributed by atoms with Crippen molar-refractivity contribution in [1.82, 2.24) is 0 Å². The average molecular weight is 406 g/mol. The van der Waals surface area contributed by atoms with Gasteiger partial charge in [0.1, 0.15) is 0 Å². The summed E-state index contributed by atoms with van der Waals surface area (Å²) in [6, 6.07) is 16.8. The first-order chi connectivity index (χ1) is 14.3. The number of hydrogen-bond donors (Lipinski definition) is 2. The number of carbonyl (C=O) groups is 2. The molecule has 0 saturated carbocycles. The Kier molecular flexibility index (Phi) is 5.78. The van der Waals surface area contributed by atoms with Crippen LogP contribution in [0.15, 0.2) is 72.8 Å². The number of nitro groups is 2. The van der Waals surface area contributed by atoms with Crippen LogP contribution in [0.5, 0.6) is 0 Å². The molecule has 0 aromatic heterocycles. The first-order valence-corrected chi connectivity index (χ1v) is 8.55. The standard InChI is InChI=1S/C20H14N4O6/c25-19(22-16-4-2-6-18(12-16)24(29)30)13-7-9-15(10-8-13)21-20(26)14-3-1-5-17(11-14)23(27)28/h1-12H,(H,21,26)(H,22,25). The van der Waals surface area contributed by atoms with Crippen molar-refractivity contribution in [2.75, 3.05) is 10.6 Å². The molecule has 3 rings (SSSR count). The monoisotopic (exact) mass is 406 g/mol. The molecule has 0 aliphatic heterocycles. The Bertz CT molecular complexity index is 1140. The molecule has 0 aliphatic rings. The van der Waals surface area contributed by atoms with E-state index in [9.17, 15) is 29.8 Å². The minimum absolute atomic E-state index is 0.122. The van der Waals surface area contributed by atoms with E-state index >= 15 is 0 Å². The van der Waals surface area contributed by atoms with Gasteiger partial charge in [0.2, 0.25) is 0 Å². The van der Waals surface area contributed by atoms with Crippen LogP contribution < -0.4 is 10.6 Å². The fourth-order valence-electron chi connectivity index (χ4n) is 2.57. The van der Waals surface area contributed by atoms with Crippen molar-refractivity contribution in [2.45, 2.75) is 0 Å². The fourth-order valence-corrected chi connectivity index (χ4v) is 2.57. The minimum atomic E-state index is -0.592. The maximum atomic E-state index is 12.3. The molecule has 10 nitrogen and oxygen atoms in total. The van der Waals surface area contributed by atoms with Crippen LogP contribution in [0, 0.1) is 20.2 Å². The van der Waals surface area contributed by atoms with Crippen molar-refractivity contribution in [3.05, 3.63) is 104 Å². The first kappa shape index (κ1) is 20.1. The van der Waals surface area contributed by atoms with Crippen LogP contribution >= 0.6 is 0 Å². The van der Waals surface area contributed by atoms with Crippen molar-refractivity contribution in [1.29, 1.82) is 0 Å². The van der Waals surface area contributed by atoms with Gasteiger partial charge < -0.3 is 10.6 Å². The number of amides is 2. The summed E-state index contributed by atoms with van der Waals surface area (Å²) in [7, 11) is 0. The van der Waals surface area contributed by atoms with Gasteiger partial charge in [-0.25, -0.2) is 0 Å². The Morgan fingerprint density at radius 1 is 0.633 bits per heavy atom. The van der Waals surface area contributed by atoms with Crippen molar-refractivity contribution in [2.24, 2.45) is 0 Å². The largest absolute Gasteiger partial charge is 0.322 e. The lowest BCUT2D eigenvalue weighted by Crippen LogP contribution is -2.14. The highest BCUT2D eigenvalue weighted by atomic mass is 16.6. The van der Waals surface area contributed by atoms with Gasteiger partial charge in [0.15, 0.2) is 0 Å².